The molecule has 5 nitrogen and oxygen atoms in total. The van der Waals surface area contributed by atoms with Crippen LogP contribution >= 0.6 is 11.6 Å². The van der Waals surface area contributed by atoms with Crippen LogP contribution < -0.4 is 4.90 Å². The van der Waals surface area contributed by atoms with Gasteiger partial charge in [0.1, 0.15) is 0 Å². The van der Waals surface area contributed by atoms with Crippen LogP contribution in [0.5, 0.6) is 0 Å². The molecular formula is C17H21ClN2O3. The predicted octanol–water partition coefficient (Wildman–Crippen LogP) is 1.85. The monoisotopic (exact) mass is 336 g/mol. The highest BCUT2D eigenvalue weighted by Gasteiger charge is 2.34. The molecule has 2 heterocycles. The number of anilines is 1. The van der Waals surface area contributed by atoms with Gasteiger partial charge < -0.3 is 14.9 Å². The van der Waals surface area contributed by atoms with E-state index in [1.807, 2.05) is 6.07 Å². The molecule has 1 fully saturated rings. The first kappa shape index (κ1) is 16.3. The van der Waals surface area contributed by atoms with Crippen molar-refractivity contribution >= 4 is 29.1 Å². The number of piperidine rings is 1. The Morgan fingerprint density at radius 1 is 1.22 bits per heavy atom. The normalized spacial score (nSPS) is 19.6. The van der Waals surface area contributed by atoms with Gasteiger partial charge in [0.15, 0.2) is 0 Å². The Morgan fingerprint density at radius 3 is 2.57 bits per heavy atom. The van der Waals surface area contributed by atoms with Gasteiger partial charge in [-0.3, -0.25) is 9.59 Å². The number of nitrogens with zero attached hydrogens (tertiary/aromatic N) is 2. The molecule has 2 aliphatic rings. The van der Waals surface area contributed by atoms with Crippen molar-refractivity contribution in [2.45, 2.75) is 32.3 Å². The summed E-state index contributed by atoms with van der Waals surface area (Å²) in [5, 5.41) is 10.3. The lowest BCUT2D eigenvalue weighted by Crippen LogP contribution is -2.48. The zero-order chi connectivity index (χ0) is 16.6. The Morgan fingerprint density at radius 2 is 1.91 bits per heavy atom. The Hall–Kier alpha value is -1.59. The summed E-state index contributed by atoms with van der Waals surface area (Å²) in [6.07, 6.45) is 1.78. The van der Waals surface area contributed by atoms with E-state index >= 15 is 0 Å². The number of hydrogen-bond donors (Lipinski definition) is 1. The molecule has 1 N–H and O–H groups in total. The number of carbonyl (C=O) groups is 2. The number of amides is 2. The molecule has 3 rings (SSSR count). The summed E-state index contributed by atoms with van der Waals surface area (Å²) in [6, 6.07) is 5.43. The third kappa shape index (κ3) is 3.08. The van der Waals surface area contributed by atoms with Gasteiger partial charge in [-0.25, -0.2) is 0 Å². The number of halogens is 1. The fourth-order valence-corrected chi connectivity index (χ4v) is 3.70. The molecule has 6 heteroatoms. The van der Waals surface area contributed by atoms with Crippen molar-refractivity contribution in [3.8, 4) is 0 Å². The maximum absolute atomic E-state index is 12.6. The van der Waals surface area contributed by atoms with Crippen LogP contribution in [0.3, 0.4) is 0 Å². The maximum atomic E-state index is 12.6. The molecule has 0 spiro atoms. The predicted molar refractivity (Wildman–Crippen MR) is 88.5 cm³/mol. The minimum absolute atomic E-state index is 0.209. The molecule has 1 aromatic carbocycles. The van der Waals surface area contributed by atoms with Gasteiger partial charge in [0.25, 0.3) is 0 Å². The van der Waals surface area contributed by atoms with E-state index in [9.17, 15) is 14.7 Å². The van der Waals surface area contributed by atoms with Gasteiger partial charge >= 0.3 is 11.8 Å². The number of aliphatic hydroxyl groups is 1. The first-order chi connectivity index (χ1) is 11.0. The second kappa shape index (κ2) is 6.49. The molecule has 23 heavy (non-hydrogen) atoms. The minimum atomic E-state index is -0.485. The minimum Gasteiger partial charge on any atom is -0.393 e. The number of aliphatic hydroxyl groups excluding tert-OH is 1. The van der Waals surface area contributed by atoms with E-state index in [-0.39, 0.29) is 12.0 Å². The van der Waals surface area contributed by atoms with Gasteiger partial charge in [-0.1, -0.05) is 17.7 Å². The molecule has 2 amide bonds. The maximum Gasteiger partial charge on any atom is 0.316 e. The lowest BCUT2D eigenvalue weighted by atomic mass is 9.92. The molecule has 0 bridgehead atoms. The third-order valence-electron chi connectivity index (χ3n) is 4.91. The van der Waals surface area contributed by atoms with Gasteiger partial charge in [0, 0.05) is 30.3 Å². The number of rotatable bonds is 1. The van der Waals surface area contributed by atoms with E-state index < -0.39 is 11.8 Å². The van der Waals surface area contributed by atoms with Crippen molar-refractivity contribution < 1.29 is 14.7 Å². The molecule has 1 saturated heterocycles. The lowest BCUT2D eigenvalue weighted by Gasteiger charge is -2.33. The van der Waals surface area contributed by atoms with Gasteiger partial charge in [0.2, 0.25) is 0 Å². The molecule has 2 aliphatic heterocycles. The fraction of sp³-hybridized carbons (Fsp3) is 0.529. The zero-order valence-electron chi connectivity index (χ0n) is 13.2. The molecule has 0 radical (unpaired) electrons. The molecule has 1 atom stereocenters. The fourth-order valence-electron chi connectivity index (χ4n) is 3.44. The second-order valence-electron chi connectivity index (χ2n) is 6.31. The second-order valence-corrected chi connectivity index (χ2v) is 6.72. The highest BCUT2D eigenvalue weighted by Crippen LogP contribution is 2.33. The average molecular weight is 337 g/mol. The molecule has 0 aromatic heterocycles. The summed E-state index contributed by atoms with van der Waals surface area (Å²) in [7, 11) is 0. The Bertz CT molecular complexity index is 624. The van der Waals surface area contributed by atoms with Crippen LogP contribution in [-0.2, 0) is 16.0 Å². The van der Waals surface area contributed by atoms with Crippen molar-refractivity contribution in [2.24, 2.45) is 5.92 Å². The SMILES string of the molecule is CC(O)C1CCN(C(=O)C(=O)N2CCc3c(Cl)cccc32)CC1. The summed E-state index contributed by atoms with van der Waals surface area (Å²) in [4.78, 5) is 28.2. The Labute approximate surface area is 140 Å². The quantitative estimate of drug-likeness (QED) is 0.796. The molecule has 0 saturated carbocycles. The highest BCUT2D eigenvalue weighted by atomic mass is 35.5. The van der Waals surface area contributed by atoms with Crippen molar-refractivity contribution in [1.29, 1.82) is 0 Å². The zero-order valence-corrected chi connectivity index (χ0v) is 13.9. The van der Waals surface area contributed by atoms with Crippen LogP contribution in [0, 0.1) is 5.92 Å². The number of benzene rings is 1. The molecular weight excluding hydrogens is 316 g/mol. The van der Waals surface area contributed by atoms with Gasteiger partial charge in [-0.2, -0.15) is 0 Å². The Kier molecular flexibility index (Phi) is 4.60. The van der Waals surface area contributed by atoms with Crippen molar-refractivity contribution in [1.82, 2.24) is 4.90 Å². The van der Waals surface area contributed by atoms with Gasteiger partial charge in [-0.15, -0.1) is 0 Å². The van der Waals surface area contributed by atoms with E-state index in [0.717, 1.165) is 24.1 Å². The van der Waals surface area contributed by atoms with E-state index in [1.165, 1.54) is 4.90 Å². The van der Waals surface area contributed by atoms with E-state index in [1.54, 1.807) is 24.0 Å². The lowest BCUT2D eigenvalue weighted by molar-refractivity contribution is -0.145. The van der Waals surface area contributed by atoms with Crippen molar-refractivity contribution in [2.75, 3.05) is 24.5 Å². The van der Waals surface area contributed by atoms with Crippen LogP contribution in [0.15, 0.2) is 18.2 Å². The van der Waals surface area contributed by atoms with Crippen molar-refractivity contribution in [3.05, 3.63) is 28.8 Å². The van der Waals surface area contributed by atoms with Crippen LogP contribution in [0.4, 0.5) is 5.69 Å². The van der Waals surface area contributed by atoms with E-state index in [4.69, 9.17) is 11.6 Å². The number of fused-ring (bicyclic) bond motifs is 1. The summed E-state index contributed by atoms with van der Waals surface area (Å²) in [5.41, 5.74) is 1.68. The van der Waals surface area contributed by atoms with E-state index in [0.29, 0.717) is 31.1 Å². The molecule has 1 aromatic rings. The topological polar surface area (TPSA) is 60.9 Å². The van der Waals surface area contributed by atoms with Crippen LogP contribution in [0.1, 0.15) is 25.3 Å². The van der Waals surface area contributed by atoms with Gasteiger partial charge in [0.05, 0.1) is 6.10 Å². The largest absolute Gasteiger partial charge is 0.393 e. The standard InChI is InChI=1S/C17H21ClN2O3/c1-11(21)12-5-8-19(9-6-12)16(22)17(23)20-10-7-13-14(18)3-2-4-15(13)20/h2-4,11-12,21H,5-10H2,1H3. The van der Waals surface area contributed by atoms with Gasteiger partial charge in [-0.05, 0) is 49.8 Å². The number of hydrogen-bond acceptors (Lipinski definition) is 3. The van der Waals surface area contributed by atoms with E-state index in [2.05, 4.69) is 0 Å². The smallest absolute Gasteiger partial charge is 0.316 e. The van der Waals surface area contributed by atoms with Crippen LogP contribution in [0.25, 0.3) is 0 Å². The van der Waals surface area contributed by atoms with Crippen molar-refractivity contribution in [3.63, 3.8) is 0 Å². The summed E-state index contributed by atoms with van der Waals surface area (Å²) in [6.45, 7) is 3.32. The number of carbonyl (C=O) groups excluding carboxylic acids is 2. The Balaban J connectivity index is 1.68. The molecule has 0 aliphatic carbocycles. The molecule has 1 unspecified atom stereocenters. The average Bonchev–Trinajstić information content (AvgIpc) is 2.99. The van der Waals surface area contributed by atoms with Crippen LogP contribution in [-0.4, -0.2) is 47.6 Å². The third-order valence-corrected chi connectivity index (χ3v) is 5.26. The first-order valence-electron chi connectivity index (χ1n) is 8.05. The summed E-state index contributed by atoms with van der Waals surface area (Å²) >= 11 is 6.16. The first-order valence-corrected chi connectivity index (χ1v) is 8.43. The number of likely N-dealkylation sites (tertiary alicyclic amines) is 1. The summed E-state index contributed by atoms with van der Waals surface area (Å²) in [5.74, 6) is -0.733. The molecule has 124 valence electrons. The summed E-state index contributed by atoms with van der Waals surface area (Å²) < 4.78 is 0. The highest BCUT2D eigenvalue weighted by molar-refractivity contribution is 6.41. The van der Waals surface area contributed by atoms with Crippen LogP contribution in [0.2, 0.25) is 5.02 Å².